The second kappa shape index (κ2) is 10.0. The van der Waals surface area contributed by atoms with Gasteiger partial charge in [-0.1, -0.05) is 12.8 Å². The van der Waals surface area contributed by atoms with Crippen LogP contribution in [0.15, 0.2) is 29.2 Å². The number of rotatable bonds is 5. The van der Waals surface area contributed by atoms with Gasteiger partial charge in [0.1, 0.15) is 5.82 Å². The fraction of sp³-hybridized carbons (Fsp3) is 0.632. The molecule has 1 heterocycles. The van der Waals surface area contributed by atoms with Crippen molar-refractivity contribution in [2.45, 2.75) is 49.5 Å². The molecular formula is C19H29ClFN3O3S. The molecule has 6 nitrogen and oxygen atoms in total. The number of halogens is 2. The van der Waals surface area contributed by atoms with E-state index >= 15 is 0 Å². The summed E-state index contributed by atoms with van der Waals surface area (Å²) in [5, 5.41) is 3.12. The van der Waals surface area contributed by atoms with Crippen molar-refractivity contribution in [3.8, 4) is 0 Å². The van der Waals surface area contributed by atoms with Crippen molar-refractivity contribution >= 4 is 28.3 Å². The van der Waals surface area contributed by atoms with E-state index in [0.29, 0.717) is 31.8 Å². The second-order valence-electron chi connectivity index (χ2n) is 7.55. The Kier molecular flexibility index (Phi) is 8.24. The van der Waals surface area contributed by atoms with E-state index in [1.165, 1.54) is 16.4 Å². The zero-order valence-corrected chi connectivity index (χ0v) is 17.5. The molecule has 1 aliphatic heterocycles. The summed E-state index contributed by atoms with van der Waals surface area (Å²) in [6.07, 6.45) is 5.47. The minimum atomic E-state index is -3.73. The van der Waals surface area contributed by atoms with Crippen LogP contribution in [0.4, 0.5) is 4.39 Å². The highest BCUT2D eigenvalue weighted by Crippen LogP contribution is 2.27. The van der Waals surface area contributed by atoms with E-state index in [4.69, 9.17) is 5.73 Å². The van der Waals surface area contributed by atoms with Gasteiger partial charge < -0.3 is 11.1 Å². The molecule has 1 saturated carbocycles. The maximum absolute atomic E-state index is 13.1. The number of amides is 1. The average Bonchev–Trinajstić information content (AvgIpc) is 2.69. The fourth-order valence-corrected chi connectivity index (χ4v) is 5.63. The number of hydrogen-bond acceptors (Lipinski definition) is 4. The van der Waals surface area contributed by atoms with Gasteiger partial charge in [0.25, 0.3) is 0 Å². The highest BCUT2D eigenvalue weighted by Gasteiger charge is 2.35. The zero-order valence-electron chi connectivity index (χ0n) is 15.8. The molecule has 3 N–H and O–H groups in total. The third kappa shape index (κ3) is 5.23. The summed E-state index contributed by atoms with van der Waals surface area (Å²) in [6, 6.07) is 4.89. The quantitative estimate of drug-likeness (QED) is 0.745. The van der Waals surface area contributed by atoms with E-state index in [-0.39, 0.29) is 41.7 Å². The minimum Gasteiger partial charge on any atom is -0.353 e. The summed E-state index contributed by atoms with van der Waals surface area (Å²) >= 11 is 0. The molecule has 9 heteroatoms. The van der Waals surface area contributed by atoms with Gasteiger partial charge in [-0.2, -0.15) is 4.31 Å². The summed E-state index contributed by atoms with van der Waals surface area (Å²) in [5.74, 6) is -0.634. The molecule has 0 radical (unpaired) electrons. The molecule has 2 aliphatic rings. The van der Waals surface area contributed by atoms with Gasteiger partial charge in [0.05, 0.1) is 10.8 Å². The fourth-order valence-electron chi connectivity index (χ4n) is 4.11. The summed E-state index contributed by atoms with van der Waals surface area (Å²) in [7, 11) is -3.73. The number of nitrogens with one attached hydrogen (secondary N) is 1. The van der Waals surface area contributed by atoms with Gasteiger partial charge in [-0.05, 0) is 62.4 Å². The first-order valence-electron chi connectivity index (χ1n) is 9.68. The normalized spacial score (nSPS) is 26.3. The Bertz CT molecular complexity index is 760. The number of carbonyl (C=O) groups excluding carboxylic acids is 1. The van der Waals surface area contributed by atoms with Gasteiger partial charge in [-0.15, -0.1) is 12.4 Å². The van der Waals surface area contributed by atoms with E-state index < -0.39 is 15.8 Å². The number of benzene rings is 1. The lowest BCUT2D eigenvalue weighted by Crippen LogP contribution is -2.50. The van der Waals surface area contributed by atoms with Crippen LogP contribution in [0.1, 0.15) is 38.5 Å². The Balaban J connectivity index is 0.00000280. The monoisotopic (exact) mass is 433 g/mol. The number of nitrogens with two attached hydrogens (primary N) is 1. The van der Waals surface area contributed by atoms with Gasteiger partial charge in [-0.25, -0.2) is 12.8 Å². The molecule has 1 aromatic carbocycles. The highest BCUT2D eigenvalue weighted by molar-refractivity contribution is 7.89. The van der Waals surface area contributed by atoms with Crippen LogP contribution < -0.4 is 11.1 Å². The van der Waals surface area contributed by atoms with E-state index in [1.54, 1.807) is 0 Å². The van der Waals surface area contributed by atoms with Crippen molar-refractivity contribution in [2.75, 3.05) is 19.6 Å². The Labute approximate surface area is 172 Å². The molecule has 0 aromatic heterocycles. The summed E-state index contributed by atoms with van der Waals surface area (Å²) in [6.45, 7) is 1.09. The van der Waals surface area contributed by atoms with E-state index in [9.17, 15) is 17.6 Å². The average molecular weight is 434 g/mol. The first-order chi connectivity index (χ1) is 12.9. The predicted molar refractivity (Wildman–Crippen MR) is 108 cm³/mol. The van der Waals surface area contributed by atoms with E-state index in [1.807, 2.05) is 0 Å². The highest BCUT2D eigenvalue weighted by atomic mass is 35.5. The number of sulfonamides is 1. The lowest BCUT2D eigenvalue weighted by molar-refractivity contribution is -0.127. The largest absolute Gasteiger partial charge is 0.353 e. The third-order valence-electron chi connectivity index (χ3n) is 5.75. The van der Waals surface area contributed by atoms with Crippen molar-refractivity contribution in [1.29, 1.82) is 0 Å². The molecule has 1 amide bonds. The molecule has 3 atom stereocenters. The third-order valence-corrected chi connectivity index (χ3v) is 7.63. The van der Waals surface area contributed by atoms with Crippen LogP contribution in [0.2, 0.25) is 0 Å². The van der Waals surface area contributed by atoms with E-state index in [2.05, 4.69) is 5.32 Å². The Morgan fingerprint density at radius 1 is 1.14 bits per heavy atom. The molecule has 2 fully saturated rings. The van der Waals surface area contributed by atoms with Crippen LogP contribution >= 0.6 is 12.4 Å². The molecule has 0 spiro atoms. The van der Waals surface area contributed by atoms with E-state index in [0.717, 1.165) is 37.8 Å². The number of hydrogen-bond donors (Lipinski definition) is 2. The molecule has 3 rings (SSSR count). The topological polar surface area (TPSA) is 92.5 Å². The Morgan fingerprint density at radius 2 is 1.82 bits per heavy atom. The van der Waals surface area contributed by atoms with Gasteiger partial charge in [0.2, 0.25) is 15.9 Å². The smallest absolute Gasteiger partial charge is 0.243 e. The van der Waals surface area contributed by atoms with Crippen molar-refractivity contribution < 1.29 is 17.6 Å². The zero-order chi connectivity index (χ0) is 19.4. The van der Waals surface area contributed by atoms with Crippen LogP contribution in [-0.2, 0) is 14.8 Å². The van der Waals surface area contributed by atoms with Crippen molar-refractivity contribution in [3.05, 3.63) is 30.1 Å². The van der Waals surface area contributed by atoms with Gasteiger partial charge in [0.15, 0.2) is 0 Å². The summed E-state index contributed by atoms with van der Waals surface area (Å²) in [4.78, 5) is 12.8. The molecule has 1 aromatic rings. The summed E-state index contributed by atoms with van der Waals surface area (Å²) in [5.41, 5.74) is 5.84. The van der Waals surface area contributed by atoms with Gasteiger partial charge in [0, 0.05) is 19.1 Å². The maximum Gasteiger partial charge on any atom is 0.243 e. The first kappa shape index (κ1) is 23.1. The first-order valence-corrected chi connectivity index (χ1v) is 11.1. The molecule has 1 aliphatic carbocycles. The molecule has 1 saturated heterocycles. The minimum absolute atomic E-state index is 0. The SMILES string of the molecule is Cl.NCC1CCCCC1NC(=O)C1CCCN(S(=O)(=O)c2ccc(F)cc2)C1. The summed E-state index contributed by atoms with van der Waals surface area (Å²) < 4.78 is 40.1. The van der Waals surface area contributed by atoms with Crippen molar-refractivity contribution in [1.82, 2.24) is 9.62 Å². The van der Waals surface area contributed by atoms with Crippen LogP contribution in [0.25, 0.3) is 0 Å². The molecule has 28 heavy (non-hydrogen) atoms. The lowest BCUT2D eigenvalue weighted by Gasteiger charge is -2.35. The second-order valence-corrected chi connectivity index (χ2v) is 9.49. The molecule has 158 valence electrons. The van der Waals surface area contributed by atoms with Crippen LogP contribution in [0.3, 0.4) is 0 Å². The molecule has 3 unspecified atom stereocenters. The Morgan fingerprint density at radius 3 is 2.50 bits per heavy atom. The maximum atomic E-state index is 13.1. The molecular weight excluding hydrogens is 405 g/mol. The Hall–Kier alpha value is -1.22. The predicted octanol–water partition coefficient (Wildman–Crippen LogP) is 2.28. The van der Waals surface area contributed by atoms with Crippen molar-refractivity contribution in [2.24, 2.45) is 17.6 Å². The van der Waals surface area contributed by atoms with Gasteiger partial charge >= 0.3 is 0 Å². The van der Waals surface area contributed by atoms with Crippen molar-refractivity contribution in [3.63, 3.8) is 0 Å². The van der Waals surface area contributed by atoms with Crippen LogP contribution in [0.5, 0.6) is 0 Å². The van der Waals surface area contributed by atoms with Crippen LogP contribution in [0, 0.1) is 17.7 Å². The standard InChI is InChI=1S/C19H28FN3O3S.ClH/c20-16-7-9-17(10-8-16)27(25,26)23-11-3-5-15(13-23)19(24)22-18-6-2-1-4-14(18)12-21;/h7-10,14-15,18H,1-6,11-13,21H2,(H,22,24);1H. The van der Waals surface area contributed by atoms with Gasteiger partial charge in [-0.3, -0.25) is 4.79 Å². The number of nitrogens with zero attached hydrogens (tertiary/aromatic N) is 1. The molecule has 0 bridgehead atoms. The lowest BCUT2D eigenvalue weighted by atomic mass is 9.84. The number of carbonyl (C=O) groups is 1. The van der Waals surface area contributed by atoms with Crippen LogP contribution in [-0.4, -0.2) is 44.3 Å². The number of piperidine rings is 1.